The molecule has 18 heavy (non-hydrogen) atoms. The third-order valence-electron chi connectivity index (χ3n) is 2.64. The van der Waals surface area contributed by atoms with E-state index in [1.54, 1.807) is 11.3 Å². The van der Waals surface area contributed by atoms with Crippen molar-refractivity contribution in [1.82, 2.24) is 9.97 Å². The summed E-state index contributed by atoms with van der Waals surface area (Å²) in [5.41, 5.74) is 0. The molecule has 0 saturated carbocycles. The molecule has 0 atom stereocenters. The highest BCUT2D eigenvalue weighted by atomic mass is 32.1. The number of anilines is 1. The quantitative estimate of drug-likeness (QED) is 0.899. The maximum Gasteiger partial charge on any atom is 0.227 e. The van der Waals surface area contributed by atoms with Gasteiger partial charge in [-0.05, 0) is 25.3 Å². The summed E-state index contributed by atoms with van der Waals surface area (Å²) in [5, 5.41) is 3.99. The predicted molar refractivity (Wildman–Crippen MR) is 76.6 cm³/mol. The summed E-state index contributed by atoms with van der Waals surface area (Å²) in [6.07, 6.45) is 1.03. The molecule has 0 aromatic carbocycles. The van der Waals surface area contributed by atoms with Crippen LogP contribution in [0.3, 0.4) is 0 Å². The monoisotopic (exact) mass is 265 g/mol. The van der Waals surface area contributed by atoms with E-state index in [0.29, 0.717) is 24.4 Å². The van der Waals surface area contributed by atoms with Crippen LogP contribution in [0.15, 0.2) is 6.07 Å². The Morgan fingerprint density at radius 2 is 2.17 bits per heavy atom. The number of hydrogen-bond acceptors (Lipinski definition) is 5. The van der Waals surface area contributed by atoms with Crippen LogP contribution in [0.25, 0.3) is 10.2 Å². The fourth-order valence-corrected chi connectivity index (χ4v) is 2.50. The lowest BCUT2D eigenvalue weighted by Crippen LogP contribution is -2.05. The molecule has 2 rings (SSSR count). The Hall–Kier alpha value is -1.36. The van der Waals surface area contributed by atoms with Crippen molar-refractivity contribution >= 4 is 27.5 Å². The Kier molecular flexibility index (Phi) is 4.01. The summed E-state index contributed by atoms with van der Waals surface area (Å²) < 4.78 is 5.80. The van der Waals surface area contributed by atoms with Gasteiger partial charge in [-0.3, -0.25) is 0 Å². The van der Waals surface area contributed by atoms with Gasteiger partial charge in [0, 0.05) is 11.9 Å². The largest absolute Gasteiger partial charge is 0.477 e. The minimum Gasteiger partial charge on any atom is -0.477 e. The third-order valence-corrected chi connectivity index (χ3v) is 3.58. The maximum absolute atomic E-state index is 5.80. The van der Waals surface area contributed by atoms with Crippen molar-refractivity contribution in [3.8, 4) is 5.88 Å². The zero-order chi connectivity index (χ0) is 13.1. The van der Waals surface area contributed by atoms with Crippen LogP contribution in [0.5, 0.6) is 5.88 Å². The van der Waals surface area contributed by atoms with Gasteiger partial charge in [0.25, 0.3) is 0 Å². The van der Waals surface area contributed by atoms with Crippen molar-refractivity contribution in [3.63, 3.8) is 0 Å². The van der Waals surface area contributed by atoms with Gasteiger partial charge in [0.15, 0.2) is 0 Å². The number of thiophene rings is 1. The van der Waals surface area contributed by atoms with E-state index in [9.17, 15) is 0 Å². The predicted octanol–water partition coefficient (Wildman–Crippen LogP) is 3.47. The van der Waals surface area contributed by atoms with Gasteiger partial charge in [0.2, 0.25) is 11.8 Å². The highest BCUT2D eigenvalue weighted by molar-refractivity contribution is 7.18. The van der Waals surface area contributed by atoms with Gasteiger partial charge in [0.05, 0.1) is 12.0 Å². The summed E-state index contributed by atoms with van der Waals surface area (Å²) in [7, 11) is 1.82. The molecule has 1 N–H and O–H groups in total. The Morgan fingerprint density at radius 1 is 1.39 bits per heavy atom. The maximum atomic E-state index is 5.80. The second-order valence-corrected chi connectivity index (χ2v) is 5.94. The second kappa shape index (κ2) is 5.52. The molecule has 2 aromatic rings. The molecule has 4 nitrogen and oxygen atoms in total. The van der Waals surface area contributed by atoms with Crippen LogP contribution in [-0.2, 0) is 0 Å². The number of fused-ring (bicyclic) bond motifs is 1. The molecule has 0 radical (unpaired) electrons. The molecule has 0 aliphatic rings. The number of hydrogen-bond donors (Lipinski definition) is 1. The molecular formula is C13H19N3OS. The molecule has 98 valence electrons. The summed E-state index contributed by atoms with van der Waals surface area (Å²) in [6, 6.07) is 2.09. The molecule has 0 aliphatic heterocycles. The zero-order valence-corrected chi connectivity index (χ0v) is 12.1. The zero-order valence-electron chi connectivity index (χ0n) is 11.3. The van der Waals surface area contributed by atoms with Crippen molar-refractivity contribution in [1.29, 1.82) is 0 Å². The van der Waals surface area contributed by atoms with Crippen LogP contribution in [0, 0.1) is 12.8 Å². The second-order valence-electron chi connectivity index (χ2n) is 4.71. The van der Waals surface area contributed by atoms with Crippen LogP contribution in [-0.4, -0.2) is 23.6 Å². The average Bonchev–Trinajstić information content (AvgIpc) is 2.68. The van der Waals surface area contributed by atoms with Crippen molar-refractivity contribution in [2.45, 2.75) is 27.2 Å². The molecule has 0 bridgehead atoms. The van der Waals surface area contributed by atoms with Crippen molar-refractivity contribution in [2.24, 2.45) is 5.92 Å². The first-order chi connectivity index (χ1) is 8.60. The van der Waals surface area contributed by atoms with Crippen molar-refractivity contribution in [3.05, 3.63) is 10.9 Å². The fourth-order valence-electron chi connectivity index (χ4n) is 1.63. The molecule has 0 saturated heterocycles. The summed E-state index contributed by atoms with van der Waals surface area (Å²) in [5.74, 6) is 1.94. The van der Waals surface area contributed by atoms with Crippen LogP contribution >= 0.6 is 11.3 Å². The molecule has 5 heteroatoms. The summed E-state index contributed by atoms with van der Waals surface area (Å²) in [4.78, 5) is 11.0. The number of nitrogens with zero attached hydrogens (tertiary/aromatic N) is 2. The first kappa shape index (κ1) is 13.1. The molecular weight excluding hydrogens is 246 g/mol. The lowest BCUT2D eigenvalue weighted by Gasteiger charge is -2.09. The Bertz CT molecular complexity index is 536. The van der Waals surface area contributed by atoms with E-state index in [1.807, 2.05) is 7.05 Å². The molecule has 2 heterocycles. The number of rotatable bonds is 5. The van der Waals surface area contributed by atoms with E-state index in [1.165, 1.54) is 4.88 Å². The van der Waals surface area contributed by atoms with E-state index in [0.717, 1.165) is 16.6 Å². The van der Waals surface area contributed by atoms with E-state index in [2.05, 4.69) is 42.1 Å². The number of ether oxygens (including phenoxy) is 1. The van der Waals surface area contributed by atoms with Crippen LogP contribution < -0.4 is 10.1 Å². The fraction of sp³-hybridized carbons (Fsp3) is 0.538. The topological polar surface area (TPSA) is 47.0 Å². The summed E-state index contributed by atoms with van der Waals surface area (Å²) in [6.45, 7) is 7.14. The molecule has 0 fully saturated rings. The average molecular weight is 265 g/mol. The van der Waals surface area contributed by atoms with Gasteiger partial charge in [-0.2, -0.15) is 4.98 Å². The van der Waals surface area contributed by atoms with E-state index >= 15 is 0 Å². The number of nitrogens with one attached hydrogen (secondary N) is 1. The number of aryl methyl sites for hydroxylation is 1. The van der Waals surface area contributed by atoms with Crippen LogP contribution in [0.4, 0.5) is 5.95 Å². The molecule has 0 spiro atoms. The normalized spacial score (nSPS) is 11.2. The standard InChI is InChI=1S/C13H19N3OS/c1-8(2)5-6-17-11-10-7-9(3)18-12(10)16-13(14-4)15-11/h7-8H,5-6H2,1-4H3,(H,14,15,16). The van der Waals surface area contributed by atoms with Gasteiger partial charge < -0.3 is 10.1 Å². The third kappa shape index (κ3) is 2.90. The van der Waals surface area contributed by atoms with E-state index in [4.69, 9.17) is 4.74 Å². The highest BCUT2D eigenvalue weighted by Gasteiger charge is 2.11. The molecule has 0 amide bonds. The smallest absolute Gasteiger partial charge is 0.227 e. The van der Waals surface area contributed by atoms with E-state index in [-0.39, 0.29) is 0 Å². The van der Waals surface area contributed by atoms with Gasteiger partial charge in [0.1, 0.15) is 4.83 Å². The van der Waals surface area contributed by atoms with E-state index < -0.39 is 0 Å². The minimum atomic E-state index is 0.615. The number of aromatic nitrogens is 2. The van der Waals surface area contributed by atoms with Crippen molar-refractivity contribution < 1.29 is 4.74 Å². The SMILES string of the molecule is CNc1nc(OCCC(C)C)c2cc(C)sc2n1. The van der Waals surface area contributed by atoms with Gasteiger partial charge in [-0.15, -0.1) is 11.3 Å². The Morgan fingerprint density at radius 3 is 2.83 bits per heavy atom. The molecule has 0 unspecified atom stereocenters. The lowest BCUT2D eigenvalue weighted by molar-refractivity contribution is 0.283. The summed E-state index contributed by atoms with van der Waals surface area (Å²) >= 11 is 1.66. The van der Waals surface area contributed by atoms with Gasteiger partial charge in [-0.1, -0.05) is 13.8 Å². The van der Waals surface area contributed by atoms with Gasteiger partial charge >= 0.3 is 0 Å². The molecule has 0 aliphatic carbocycles. The lowest BCUT2D eigenvalue weighted by atomic mass is 10.1. The van der Waals surface area contributed by atoms with Crippen molar-refractivity contribution in [2.75, 3.05) is 19.0 Å². The molecule has 2 aromatic heterocycles. The van der Waals surface area contributed by atoms with Gasteiger partial charge in [-0.25, -0.2) is 4.98 Å². The minimum absolute atomic E-state index is 0.615. The first-order valence-corrected chi connectivity index (χ1v) is 7.00. The van der Waals surface area contributed by atoms with Crippen LogP contribution in [0.2, 0.25) is 0 Å². The highest BCUT2D eigenvalue weighted by Crippen LogP contribution is 2.31. The Balaban J connectivity index is 2.28. The first-order valence-electron chi connectivity index (χ1n) is 6.19. The Labute approximate surface area is 111 Å². The van der Waals surface area contributed by atoms with Crippen LogP contribution in [0.1, 0.15) is 25.1 Å².